The molecule has 72 valence electrons. The maximum atomic E-state index is 12.9. The zero-order valence-electron chi connectivity index (χ0n) is 7.88. The van der Waals surface area contributed by atoms with Crippen LogP contribution >= 0.6 is 0 Å². The summed E-state index contributed by atoms with van der Waals surface area (Å²) >= 11 is 0. The summed E-state index contributed by atoms with van der Waals surface area (Å²) in [7, 11) is 1.58. The molecule has 13 heavy (non-hydrogen) atoms. The van der Waals surface area contributed by atoms with Crippen LogP contribution in [0, 0.1) is 12.7 Å². The van der Waals surface area contributed by atoms with Gasteiger partial charge in [0.05, 0.1) is 12.6 Å². The van der Waals surface area contributed by atoms with Gasteiger partial charge in [-0.25, -0.2) is 4.39 Å². The number of halogens is 1. The Kier molecular flexibility index (Phi) is 3.39. The number of methoxy groups -OCH3 is 1. The highest BCUT2D eigenvalue weighted by Gasteiger charge is 2.09. The summed E-state index contributed by atoms with van der Waals surface area (Å²) in [6.45, 7) is 2.31. The lowest BCUT2D eigenvalue weighted by Crippen LogP contribution is -2.17. The SMILES string of the molecule is COC[C@@H](N)c1cc(F)ccc1C. The van der Waals surface area contributed by atoms with E-state index in [0.29, 0.717) is 6.61 Å². The molecule has 0 fully saturated rings. The molecule has 1 atom stereocenters. The van der Waals surface area contributed by atoms with Gasteiger partial charge in [-0.15, -0.1) is 0 Å². The number of hydrogen-bond acceptors (Lipinski definition) is 2. The minimum Gasteiger partial charge on any atom is -0.383 e. The van der Waals surface area contributed by atoms with Gasteiger partial charge in [0.2, 0.25) is 0 Å². The molecule has 0 bridgehead atoms. The highest BCUT2D eigenvalue weighted by Crippen LogP contribution is 2.16. The van der Waals surface area contributed by atoms with E-state index >= 15 is 0 Å². The van der Waals surface area contributed by atoms with Gasteiger partial charge in [-0.3, -0.25) is 0 Å². The highest BCUT2D eigenvalue weighted by molar-refractivity contribution is 5.29. The first-order valence-corrected chi connectivity index (χ1v) is 4.15. The van der Waals surface area contributed by atoms with Gasteiger partial charge in [-0.1, -0.05) is 6.07 Å². The van der Waals surface area contributed by atoms with E-state index in [2.05, 4.69) is 0 Å². The molecule has 1 rings (SSSR count). The van der Waals surface area contributed by atoms with Crippen LogP contribution in [0.1, 0.15) is 17.2 Å². The molecule has 0 saturated carbocycles. The van der Waals surface area contributed by atoms with Crippen LogP contribution in [-0.2, 0) is 4.74 Å². The molecule has 1 aromatic carbocycles. The number of aryl methyl sites for hydroxylation is 1. The Morgan fingerprint density at radius 3 is 2.85 bits per heavy atom. The van der Waals surface area contributed by atoms with E-state index in [1.165, 1.54) is 12.1 Å². The van der Waals surface area contributed by atoms with E-state index < -0.39 is 0 Å². The molecular weight excluding hydrogens is 169 g/mol. The van der Waals surface area contributed by atoms with Crippen LogP contribution < -0.4 is 5.73 Å². The third-order valence-corrected chi connectivity index (χ3v) is 1.99. The van der Waals surface area contributed by atoms with E-state index in [4.69, 9.17) is 10.5 Å². The third-order valence-electron chi connectivity index (χ3n) is 1.99. The van der Waals surface area contributed by atoms with Crippen molar-refractivity contribution in [2.75, 3.05) is 13.7 Å². The second-order valence-electron chi connectivity index (χ2n) is 3.06. The molecule has 0 aliphatic carbocycles. The summed E-state index contributed by atoms with van der Waals surface area (Å²) in [4.78, 5) is 0. The largest absolute Gasteiger partial charge is 0.383 e. The van der Waals surface area contributed by atoms with Crippen LogP contribution in [0.3, 0.4) is 0 Å². The first-order chi connectivity index (χ1) is 6.15. The molecule has 2 nitrogen and oxygen atoms in total. The fourth-order valence-electron chi connectivity index (χ4n) is 1.28. The molecule has 2 N–H and O–H groups in total. The monoisotopic (exact) mass is 183 g/mol. The molecule has 0 heterocycles. The Bertz CT molecular complexity index is 288. The molecule has 0 aliphatic rings. The fourth-order valence-corrected chi connectivity index (χ4v) is 1.28. The number of rotatable bonds is 3. The number of benzene rings is 1. The quantitative estimate of drug-likeness (QED) is 0.775. The third kappa shape index (κ3) is 2.50. The van der Waals surface area contributed by atoms with Crippen molar-refractivity contribution in [3.05, 3.63) is 35.1 Å². The van der Waals surface area contributed by atoms with Crippen molar-refractivity contribution < 1.29 is 9.13 Å². The number of nitrogens with two attached hydrogens (primary N) is 1. The van der Waals surface area contributed by atoms with E-state index in [-0.39, 0.29) is 11.9 Å². The molecule has 0 spiro atoms. The van der Waals surface area contributed by atoms with Crippen LogP contribution in [0.25, 0.3) is 0 Å². The van der Waals surface area contributed by atoms with Crippen molar-refractivity contribution in [2.24, 2.45) is 5.73 Å². The van der Waals surface area contributed by atoms with E-state index in [1.807, 2.05) is 6.92 Å². The van der Waals surface area contributed by atoms with E-state index in [1.54, 1.807) is 13.2 Å². The minimum absolute atomic E-state index is 0.249. The Balaban J connectivity index is 2.91. The predicted octanol–water partition coefficient (Wildman–Crippen LogP) is 1.78. The molecule has 3 heteroatoms. The molecule has 0 aromatic heterocycles. The fraction of sp³-hybridized carbons (Fsp3) is 0.400. The first kappa shape index (κ1) is 10.2. The number of ether oxygens (including phenoxy) is 1. The van der Waals surface area contributed by atoms with Gasteiger partial charge in [0, 0.05) is 7.11 Å². The van der Waals surface area contributed by atoms with Crippen molar-refractivity contribution >= 4 is 0 Å². The Morgan fingerprint density at radius 1 is 1.54 bits per heavy atom. The minimum atomic E-state index is -0.257. The summed E-state index contributed by atoms with van der Waals surface area (Å²) in [5, 5.41) is 0. The van der Waals surface area contributed by atoms with Crippen molar-refractivity contribution in [1.82, 2.24) is 0 Å². The molecule has 0 aliphatic heterocycles. The van der Waals surface area contributed by atoms with Gasteiger partial charge in [0.25, 0.3) is 0 Å². The van der Waals surface area contributed by atoms with Crippen molar-refractivity contribution in [2.45, 2.75) is 13.0 Å². The van der Waals surface area contributed by atoms with Gasteiger partial charge in [0.15, 0.2) is 0 Å². The first-order valence-electron chi connectivity index (χ1n) is 4.15. The summed E-state index contributed by atoms with van der Waals surface area (Å²) in [6.07, 6.45) is 0. The molecule has 1 aromatic rings. The van der Waals surface area contributed by atoms with Crippen molar-refractivity contribution in [3.63, 3.8) is 0 Å². The average molecular weight is 183 g/mol. The van der Waals surface area contributed by atoms with E-state index in [0.717, 1.165) is 11.1 Å². The van der Waals surface area contributed by atoms with E-state index in [9.17, 15) is 4.39 Å². The standard InChI is InChI=1S/C10H14FNO/c1-7-3-4-8(11)5-9(7)10(12)6-13-2/h3-5,10H,6,12H2,1-2H3/t10-/m1/s1. The summed E-state index contributed by atoms with van der Waals surface area (Å²) in [6, 6.07) is 4.36. The highest BCUT2D eigenvalue weighted by atomic mass is 19.1. The summed E-state index contributed by atoms with van der Waals surface area (Å²) < 4.78 is 17.8. The second-order valence-corrected chi connectivity index (χ2v) is 3.06. The normalized spacial score (nSPS) is 12.9. The van der Waals surface area contributed by atoms with Crippen molar-refractivity contribution in [1.29, 1.82) is 0 Å². The predicted molar refractivity (Wildman–Crippen MR) is 49.9 cm³/mol. The van der Waals surface area contributed by atoms with Crippen LogP contribution in [0.2, 0.25) is 0 Å². The maximum absolute atomic E-state index is 12.9. The molecule has 0 saturated heterocycles. The van der Waals surface area contributed by atoms with Gasteiger partial charge in [-0.05, 0) is 30.2 Å². The molecule has 0 amide bonds. The Morgan fingerprint density at radius 2 is 2.23 bits per heavy atom. The summed E-state index contributed by atoms with van der Waals surface area (Å²) in [5.41, 5.74) is 7.58. The molecule has 0 radical (unpaired) electrons. The van der Waals surface area contributed by atoms with Gasteiger partial charge in [0.1, 0.15) is 5.82 Å². The maximum Gasteiger partial charge on any atom is 0.123 e. The lowest BCUT2D eigenvalue weighted by atomic mass is 10.0. The topological polar surface area (TPSA) is 35.2 Å². The Hall–Kier alpha value is -0.930. The van der Waals surface area contributed by atoms with Crippen LogP contribution in [0.15, 0.2) is 18.2 Å². The van der Waals surface area contributed by atoms with Crippen LogP contribution in [0.5, 0.6) is 0 Å². The molecule has 0 unspecified atom stereocenters. The van der Waals surface area contributed by atoms with Crippen molar-refractivity contribution in [3.8, 4) is 0 Å². The molecular formula is C10H14FNO. The van der Waals surface area contributed by atoms with Gasteiger partial charge in [-0.2, -0.15) is 0 Å². The lowest BCUT2D eigenvalue weighted by Gasteiger charge is -2.13. The summed E-state index contributed by atoms with van der Waals surface area (Å²) in [5.74, 6) is -0.257. The van der Waals surface area contributed by atoms with Gasteiger partial charge >= 0.3 is 0 Å². The second kappa shape index (κ2) is 4.35. The Labute approximate surface area is 77.5 Å². The lowest BCUT2D eigenvalue weighted by molar-refractivity contribution is 0.180. The van der Waals surface area contributed by atoms with Crippen LogP contribution in [-0.4, -0.2) is 13.7 Å². The number of hydrogen-bond donors (Lipinski definition) is 1. The van der Waals surface area contributed by atoms with Gasteiger partial charge < -0.3 is 10.5 Å². The smallest absolute Gasteiger partial charge is 0.123 e. The van der Waals surface area contributed by atoms with Crippen LogP contribution in [0.4, 0.5) is 4.39 Å². The zero-order chi connectivity index (χ0) is 9.84. The average Bonchev–Trinajstić information content (AvgIpc) is 2.09. The zero-order valence-corrected chi connectivity index (χ0v) is 7.88.